The standard InChI is InChI=1S/C8H13F.C2H6/c1-8(9)5-6-2-3-7(8)4-6;1-2/h6-7H,2-5H2,1H3;1-2H3. The van der Waals surface area contributed by atoms with E-state index in [1.54, 1.807) is 6.92 Å². The highest BCUT2D eigenvalue weighted by Crippen LogP contribution is 2.52. The molecule has 0 nitrogen and oxygen atoms in total. The smallest absolute Gasteiger partial charge is 0.111 e. The molecule has 3 unspecified atom stereocenters. The molecule has 0 N–H and O–H groups in total. The van der Waals surface area contributed by atoms with Crippen molar-refractivity contribution in [2.45, 2.75) is 52.1 Å². The van der Waals surface area contributed by atoms with Gasteiger partial charge in [-0.15, -0.1) is 0 Å². The van der Waals surface area contributed by atoms with Crippen LogP contribution in [0, 0.1) is 11.8 Å². The molecule has 0 spiro atoms. The van der Waals surface area contributed by atoms with Crippen LogP contribution in [0.15, 0.2) is 0 Å². The summed E-state index contributed by atoms with van der Waals surface area (Å²) in [5.74, 6) is 1.16. The first-order valence-corrected chi connectivity index (χ1v) is 4.87. The monoisotopic (exact) mass is 158 g/mol. The topological polar surface area (TPSA) is 0 Å². The molecule has 66 valence electrons. The summed E-state index contributed by atoms with van der Waals surface area (Å²) in [6.07, 6.45) is 4.46. The van der Waals surface area contributed by atoms with E-state index in [4.69, 9.17) is 0 Å². The van der Waals surface area contributed by atoms with Gasteiger partial charge in [-0.25, -0.2) is 4.39 Å². The lowest BCUT2D eigenvalue weighted by atomic mass is 9.88. The number of hydrogen-bond acceptors (Lipinski definition) is 0. The van der Waals surface area contributed by atoms with E-state index in [-0.39, 0.29) is 0 Å². The van der Waals surface area contributed by atoms with Crippen LogP contribution in [0.25, 0.3) is 0 Å². The van der Waals surface area contributed by atoms with Crippen LogP contribution >= 0.6 is 0 Å². The van der Waals surface area contributed by atoms with Gasteiger partial charge in [-0.2, -0.15) is 0 Å². The van der Waals surface area contributed by atoms with Crippen LogP contribution in [0.4, 0.5) is 4.39 Å². The van der Waals surface area contributed by atoms with Crippen LogP contribution in [-0.4, -0.2) is 5.67 Å². The SMILES string of the molecule is CC.CC1(F)CC2CCC1C2. The van der Waals surface area contributed by atoms with Crippen molar-refractivity contribution in [1.82, 2.24) is 0 Å². The second kappa shape index (κ2) is 3.12. The largest absolute Gasteiger partial charge is 0.244 e. The lowest BCUT2D eigenvalue weighted by Crippen LogP contribution is -2.25. The van der Waals surface area contributed by atoms with Crippen molar-refractivity contribution in [3.05, 3.63) is 0 Å². The molecule has 0 radical (unpaired) electrons. The summed E-state index contributed by atoms with van der Waals surface area (Å²) in [6.45, 7) is 5.77. The molecule has 0 aromatic heterocycles. The van der Waals surface area contributed by atoms with Crippen LogP contribution in [0.1, 0.15) is 46.5 Å². The summed E-state index contributed by atoms with van der Waals surface area (Å²) >= 11 is 0. The Morgan fingerprint density at radius 2 is 1.91 bits per heavy atom. The quantitative estimate of drug-likeness (QED) is 0.505. The van der Waals surface area contributed by atoms with Gasteiger partial charge in [0.25, 0.3) is 0 Å². The molecule has 3 atom stereocenters. The van der Waals surface area contributed by atoms with Crippen molar-refractivity contribution < 1.29 is 4.39 Å². The second-order valence-corrected chi connectivity index (χ2v) is 3.86. The summed E-state index contributed by atoms with van der Waals surface area (Å²) in [6, 6.07) is 0. The van der Waals surface area contributed by atoms with E-state index in [2.05, 4.69) is 0 Å². The van der Waals surface area contributed by atoms with Crippen molar-refractivity contribution in [3.63, 3.8) is 0 Å². The van der Waals surface area contributed by atoms with Gasteiger partial charge in [-0.3, -0.25) is 0 Å². The zero-order chi connectivity index (χ0) is 8.48. The first kappa shape index (κ1) is 9.02. The van der Waals surface area contributed by atoms with Crippen molar-refractivity contribution in [2.24, 2.45) is 11.8 Å². The number of hydrogen-bond donors (Lipinski definition) is 0. The molecule has 1 heteroatoms. The lowest BCUT2D eigenvalue weighted by Gasteiger charge is -2.24. The van der Waals surface area contributed by atoms with Crippen molar-refractivity contribution in [3.8, 4) is 0 Å². The zero-order valence-corrected chi connectivity index (χ0v) is 7.86. The van der Waals surface area contributed by atoms with Crippen molar-refractivity contribution in [1.29, 1.82) is 0 Å². The van der Waals surface area contributed by atoms with Crippen molar-refractivity contribution >= 4 is 0 Å². The predicted molar refractivity (Wildman–Crippen MR) is 46.3 cm³/mol. The molecule has 2 rings (SSSR count). The van der Waals surface area contributed by atoms with Gasteiger partial charge in [-0.05, 0) is 44.4 Å². The fraction of sp³-hybridized carbons (Fsp3) is 1.00. The number of halogens is 1. The molecule has 0 amide bonds. The summed E-state index contributed by atoms with van der Waals surface area (Å²) in [7, 11) is 0. The first-order chi connectivity index (χ1) is 5.18. The van der Waals surface area contributed by atoms with E-state index in [9.17, 15) is 4.39 Å². The molecule has 0 aromatic rings. The normalized spacial score (nSPS) is 46.9. The highest BCUT2D eigenvalue weighted by molar-refractivity contribution is 4.98. The maximum atomic E-state index is 13.3. The summed E-state index contributed by atoms with van der Waals surface area (Å²) in [5, 5.41) is 0. The van der Waals surface area contributed by atoms with Crippen LogP contribution in [0.5, 0.6) is 0 Å². The van der Waals surface area contributed by atoms with Gasteiger partial charge in [-0.1, -0.05) is 13.8 Å². The summed E-state index contributed by atoms with van der Waals surface area (Å²) in [5.41, 5.74) is -0.789. The maximum absolute atomic E-state index is 13.3. The molecular formula is C10H19F. The van der Waals surface area contributed by atoms with E-state index in [0.717, 1.165) is 18.8 Å². The van der Waals surface area contributed by atoms with Crippen LogP contribution in [0.3, 0.4) is 0 Å². The molecule has 2 aliphatic carbocycles. The number of rotatable bonds is 0. The molecule has 2 bridgehead atoms. The minimum atomic E-state index is -0.789. The third-order valence-electron chi connectivity index (χ3n) is 3.08. The van der Waals surface area contributed by atoms with E-state index in [1.165, 1.54) is 12.8 Å². The Bertz CT molecular complexity index is 129. The highest BCUT2D eigenvalue weighted by atomic mass is 19.1. The fourth-order valence-electron chi connectivity index (χ4n) is 2.54. The van der Waals surface area contributed by atoms with Gasteiger partial charge in [0.05, 0.1) is 0 Å². The number of alkyl halides is 1. The third kappa shape index (κ3) is 1.57. The van der Waals surface area contributed by atoms with E-state index in [0.29, 0.717) is 5.92 Å². The van der Waals surface area contributed by atoms with Crippen LogP contribution in [0.2, 0.25) is 0 Å². The van der Waals surface area contributed by atoms with Gasteiger partial charge in [0.15, 0.2) is 0 Å². The molecule has 2 fully saturated rings. The lowest BCUT2D eigenvalue weighted by molar-refractivity contribution is 0.109. The fourth-order valence-corrected chi connectivity index (χ4v) is 2.54. The van der Waals surface area contributed by atoms with Crippen LogP contribution in [-0.2, 0) is 0 Å². The Balaban J connectivity index is 0.000000281. The van der Waals surface area contributed by atoms with Gasteiger partial charge in [0, 0.05) is 0 Å². The molecule has 0 heterocycles. The Labute approximate surface area is 69.2 Å². The molecule has 2 aliphatic rings. The highest BCUT2D eigenvalue weighted by Gasteiger charge is 2.48. The average molecular weight is 158 g/mol. The molecular weight excluding hydrogens is 139 g/mol. The molecule has 0 aromatic carbocycles. The minimum Gasteiger partial charge on any atom is -0.244 e. The Morgan fingerprint density at radius 3 is 2.09 bits per heavy atom. The average Bonchev–Trinajstić information content (AvgIpc) is 2.49. The Morgan fingerprint density at radius 1 is 1.27 bits per heavy atom. The molecule has 2 saturated carbocycles. The van der Waals surface area contributed by atoms with E-state index < -0.39 is 5.67 Å². The van der Waals surface area contributed by atoms with Gasteiger partial charge in [0.2, 0.25) is 0 Å². The minimum absolute atomic E-state index is 0.419. The van der Waals surface area contributed by atoms with E-state index in [1.807, 2.05) is 13.8 Å². The van der Waals surface area contributed by atoms with Gasteiger partial charge >= 0.3 is 0 Å². The summed E-state index contributed by atoms with van der Waals surface area (Å²) < 4.78 is 13.3. The van der Waals surface area contributed by atoms with Gasteiger partial charge in [0.1, 0.15) is 5.67 Å². The predicted octanol–water partition coefficient (Wildman–Crippen LogP) is 3.56. The molecule has 0 saturated heterocycles. The maximum Gasteiger partial charge on any atom is 0.111 e. The van der Waals surface area contributed by atoms with Crippen LogP contribution < -0.4 is 0 Å². The number of fused-ring (bicyclic) bond motifs is 2. The summed E-state index contributed by atoms with van der Waals surface area (Å²) in [4.78, 5) is 0. The molecule has 11 heavy (non-hydrogen) atoms. The zero-order valence-electron chi connectivity index (χ0n) is 7.86. The van der Waals surface area contributed by atoms with Gasteiger partial charge < -0.3 is 0 Å². The Hall–Kier alpha value is -0.0700. The molecule has 0 aliphatic heterocycles. The second-order valence-electron chi connectivity index (χ2n) is 3.86. The van der Waals surface area contributed by atoms with E-state index >= 15 is 0 Å². The first-order valence-electron chi connectivity index (χ1n) is 4.87. The van der Waals surface area contributed by atoms with Crippen molar-refractivity contribution in [2.75, 3.05) is 0 Å². The Kier molecular flexibility index (Phi) is 2.56. The third-order valence-corrected chi connectivity index (χ3v) is 3.08.